The monoisotopic (exact) mass is 478 g/mol. The normalized spacial score (nSPS) is 15.5. The zero-order valence-electron chi connectivity index (χ0n) is 18.8. The number of hydrogen-bond donors (Lipinski definition) is 1. The van der Waals surface area contributed by atoms with Crippen molar-refractivity contribution in [2.24, 2.45) is 4.99 Å². The molecule has 8 nitrogen and oxygen atoms in total. The Balaban J connectivity index is 1.94. The van der Waals surface area contributed by atoms with Gasteiger partial charge in [-0.3, -0.25) is 9.36 Å². The van der Waals surface area contributed by atoms with Gasteiger partial charge in [0.15, 0.2) is 4.80 Å². The number of benzene rings is 2. The van der Waals surface area contributed by atoms with Crippen molar-refractivity contribution in [3.05, 3.63) is 96.2 Å². The van der Waals surface area contributed by atoms with Crippen molar-refractivity contribution < 1.29 is 24.2 Å². The number of carboxylic acids is 1. The van der Waals surface area contributed by atoms with Crippen LogP contribution in [-0.2, 0) is 9.53 Å². The van der Waals surface area contributed by atoms with E-state index in [1.165, 1.54) is 35.1 Å². The zero-order chi connectivity index (χ0) is 24.4. The number of methoxy groups -OCH3 is 1. The van der Waals surface area contributed by atoms with Crippen molar-refractivity contribution in [2.45, 2.75) is 19.9 Å². The molecule has 2 heterocycles. The van der Waals surface area contributed by atoms with Crippen LogP contribution < -0.4 is 19.6 Å². The quantitative estimate of drug-likeness (QED) is 0.546. The summed E-state index contributed by atoms with van der Waals surface area (Å²) in [6.07, 6.45) is 1.68. The first-order valence-electron chi connectivity index (χ1n) is 10.5. The summed E-state index contributed by atoms with van der Waals surface area (Å²) >= 11 is 1.19. The van der Waals surface area contributed by atoms with Gasteiger partial charge in [-0.25, -0.2) is 14.6 Å². The summed E-state index contributed by atoms with van der Waals surface area (Å²) in [4.78, 5) is 42.6. The topological polar surface area (TPSA) is 107 Å². The number of aromatic carboxylic acids is 1. The number of ether oxygens (including phenoxy) is 2. The number of esters is 1. The van der Waals surface area contributed by atoms with Crippen molar-refractivity contribution in [2.75, 3.05) is 13.7 Å². The molecule has 1 atom stereocenters. The molecule has 174 valence electrons. The number of carboxylic acid groups (broad SMARTS) is 1. The van der Waals surface area contributed by atoms with Gasteiger partial charge in [-0.05, 0) is 43.7 Å². The molecule has 0 fully saturated rings. The van der Waals surface area contributed by atoms with Crippen molar-refractivity contribution in [1.82, 2.24) is 4.57 Å². The molecule has 1 aliphatic rings. The molecule has 1 aliphatic heterocycles. The largest absolute Gasteiger partial charge is 0.496 e. The molecule has 9 heteroatoms. The van der Waals surface area contributed by atoms with Crippen LogP contribution >= 0.6 is 11.3 Å². The van der Waals surface area contributed by atoms with E-state index < -0.39 is 18.0 Å². The second-order valence-electron chi connectivity index (χ2n) is 7.47. The summed E-state index contributed by atoms with van der Waals surface area (Å²) in [5.74, 6) is -1.04. The summed E-state index contributed by atoms with van der Waals surface area (Å²) in [5.41, 5.74) is 1.89. The van der Waals surface area contributed by atoms with Crippen LogP contribution in [0.15, 0.2) is 69.6 Å². The molecule has 0 bridgehead atoms. The van der Waals surface area contributed by atoms with Crippen LogP contribution in [0.5, 0.6) is 5.75 Å². The van der Waals surface area contributed by atoms with Crippen LogP contribution in [0, 0.1) is 0 Å². The highest BCUT2D eigenvalue weighted by molar-refractivity contribution is 7.07. The van der Waals surface area contributed by atoms with Crippen LogP contribution in [0.3, 0.4) is 0 Å². The third kappa shape index (κ3) is 4.17. The van der Waals surface area contributed by atoms with E-state index in [1.54, 1.807) is 38.1 Å². The predicted octanol–water partition coefficient (Wildman–Crippen LogP) is 2.51. The number of allylic oxidation sites excluding steroid dienone is 1. The lowest BCUT2D eigenvalue weighted by molar-refractivity contribution is -0.139. The van der Waals surface area contributed by atoms with Gasteiger partial charge < -0.3 is 14.6 Å². The molecule has 0 amide bonds. The van der Waals surface area contributed by atoms with Gasteiger partial charge in [0.25, 0.3) is 5.56 Å². The van der Waals surface area contributed by atoms with Gasteiger partial charge in [0.2, 0.25) is 0 Å². The van der Waals surface area contributed by atoms with E-state index in [0.29, 0.717) is 31.9 Å². The maximum absolute atomic E-state index is 13.6. The minimum Gasteiger partial charge on any atom is -0.496 e. The standard InChI is InChI=1S/C25H22N2O6S/c1-4-33-24(31)20-14(2)26-25-27(21(20)17-7-5-6-8-18(17)32-3)22(28)19(34-25)13-15-9-11-16(12-10-15)23(29)30/h5-13,21H,4H2,1-3H3,(H,29,30)/b19-13-/t21-/m1/s1. The molecule has 0 unspecified atom stereocenters. The van der Waals surface area contributed by atoms with Crippen LogP contribution in [-0.4, -0.2) is 35.3 Å². The predicted molar refractivity (Wildman–Crippen MR) is 127 cm³/mol. The number of fused-ring (bicyclic) bond motifs is 1. The Bertz CT molecular complexity index is 1480. The van der Waals surface area contributed by atoms with E-state index in [2.05, 4.69) is 4.99 Å². The van der Waals surface area contributed by atoms with Crippen LogP contribution in [0.25, 0.3) is 6.08 Å². The lowest BCUT2D eigenvalue weighted by atomic mass is 9.95. The Hall–Kier alpha value is -3.98. The first kappa shape index (κ1) is 23.2. The van der Waals surface area contributed by atoms with Crippen LogP contribution in [0.1, 0.15) is 41.4 Å². The number of aromatic nitrogens is 1. The first-order chi connectivity index (χ1) is 16.3. The first-order valence-corrected chi connectivity index (χ1v) is 11.3. The molecule has 1 aromatic heterocycles. The Morgan fingerprint density at radius 2 is 1.88 bits per heavy atom. The van der Waals surface area contributed by atoms with E-state index in [-0.39, 0.29) is 23.3 Å². The highest BCUT2D eigenvalue weighted by atomic mass is 32.1. The lowest BCUT2D eigenvalue weighted by Crippen LogP contribution is -2.40. The third-order valence-electron chi connectivity index (χ3n) is 5.41. The second-order valence-corrected chi connectivity index (χ2v) is 8.48. The minimum atomic E-state index is -1.02. The molecule has 4 rings (SSSR count). The molecule has 0 aliphatic carbocycles. The number of thiazole rings is 1. The van der Waals surface area contributed by atoms with E-state index in [1.807, 2.05) is 18.2 Å². The molecule has 1 N–H and O–H groups in total. The van der Waals surface area contributed by atoms with E-state index in [9.17, 15) is 14.4 Å². The van der Waals surface area contributed by atoms with Crippen molar-refractivity contribution >= 4 is 29.4 Å². The van der Waals surface area contributed by atoms with Gasteiger partial charge in [-0.15, -0.1) is 0 Å². The highest BCUT2D eigenvalue weighted by Crippen LogP contribution is 2.35. The van der Waals surface area contributed by atoms with Crippen molar-refractivity contribution in [3.8, 4) is 5.75 Å². The van der Waals surface area contributed by atoms with Gasteiger partial charge in [0.1, 0.15) is 11.8 Å². The number of carbonyl (C=O) groups is 2. The number of para-hydroxylation sites is 1. The van der Waals surface area contributed by atoms with Crippen LogP contribution in [0.2, 0.25) is 0 Å². The van der Waals surface area contributed by atoms with E-state index >= 15 is 0 Å². The van der Waals surface area contributed by atoms with Gasteiger partial charge in [-0.2, -0.15) is 0 Å². The fraction of sp³-hybridized carbons (Fsp3) is 0.200. The number of nitrogens with zero attached hydrogens (tertiary/aromatic N) is 2. The van der Waals surface area contributed by atoms with Crippen molar-refractivity contribution in [3.63, 3.8) is 0 Å². The van der Waals surface area contributed by atoms with Crippen molar-refractivity contribution in [1.29, 1.82) is 0 Å². The molecule has 0 radical (unpaired) electrons. The summed E-state index contributed by atoms with van der Waals surface area (Å²) in [7, 11) is 1.53. The maximum atomic E-state index is 13.6. The van der Waals surface area contributed by atoms with Gasteiger partial charge in [0, 0.05) is 5.56 Å². The average Bonchev–Trinajstić information content (AvgIpc) is 3.13. The van der Waals surface area contributed by atoms with E-state index in [0.717, 1.165) is 0 Å². The number of rotatable bonds is 6. The fourth-order valence-electron chi connectivity index (χ4n) is 3.85. The lowest BCUT2D eigenvalue weighted by Gasteiger charge is -2.25. The average molecular weight is 479 g/mol. The van der Waals surface area contributed by atoms with Crippen LogP contribution in [0.4, 0.5) is 0 Å². The molecule has 34 heavy (non-hydrogen) atoms. The summed E-state index contributed by atoms with van der Waals surface area (Å²) in [6.45, 7) is 3.62. The third-order valence-corrected chi connectivity index (χ3v) is 6.39. The minimum absolute atomic E-state index is 0.157. The maximum Gasteiger partial charge on any atom is 0.338 e. The molecule has 0 saturated carbocycles. The summed E-state index contributed by atoms with van der Waals surface area (Å²) < 4.78 is 12.7. The Morgan fingerprint density at radius 1 is 1.18 bits per heavy atom. The second kappa shape index (κ2) is 9.48. The summed E-state index contributed by atoms with van der Waals surface area (Å²) in [6, 6.07) is 12.7. The Morgan fingerprint density at radius 3 is 2.53 bits per heavy atom. The number of hydrogen-bond acceptors (Lipinski definition) is 7. The number of carbonyl (C=O) groups excluding carboxylic acids is 1. The van der Waals surface area contributed by atoms with Gasteiger partial charge in [0.05, 0.1) is 35.1 Å². The smallest absolute Gasteiger partial charge is 0.338 e. The highest BCUT2D eigenvalue weighted by Gasteiger charge is 2.34. The molecule has 2 aromatic carbocycles. The zero-order valence-corrected chi connectivity index (χ0v) is 19.6. The summed E-state index contributed by atoms with van der Waals surface area (Å²) in [5, 5.41) is 9.11. The molecule has 0 spiro atoms. The fourth-order valence-corrected chi connectivity index (χ4v) is 4.90. The molecule has 0 saturated heterocycles. The molecular weight excluding hydrogens is 456 g/mol. The van der Waals surface area contributed by atoms with Gasteiger partial charge >= 0.3 is 11.9 Å². The molecule has 3 aromatic rings. The van der Waals surface area contributed by atoms with E-state index in [4.69, 9.17) is 14.6 Å². The molecular formula is C25H22N2O6S. The van der Waals surface area contributed by atoms with Gasteiger partial charge in [-0.1, -0.05) is 41.7 Å². The Labute approximate surface area is 198 Å². The SMILES string of the molecule is CCOC(=O)C1=C(C)N=c2s/c(=C\c3ccc(C(=O)O)cc3)c(=O)n2[C@@H]1c1ccccc1OC. The Kier molecular flexibility index (Phi) is 6.47.